The van der Waals surface area contributed by atoms with E-state index >= 15 is 0 Å². The van der Waals surface area contributed by atoms with Crippen LogP contribution in [0.2, 0.25) is 0 Å². The number of aryl methyl sites for hydroxylation is 1. The molecule has 20 heavy (non-hydrogen) atoms. The van der Waals surface area contributed by atoms with Crippen molar-refractivity contribution in [2.75, 3.05) is 39.3 Å². The number of hydrogen-bond acceptors (Lipinski definition) is 5. The predicted molar refractivity (Wildman–Crippen MR) is 77.6 cm³/mol. The van der Waals surface area contributed by atoms with Gasteiger partial charge in [0.15, 0.2) is 0 Å². The highest BCUT2D eigenvalue weighted by molar-refractivity contribution is 5.29. The molecule has 3 fully saturated rings. The molecule has 0 aromatic carbocycles. The fourth-order valence-corrected chi connectivity index (χ4v) is 3.76. The number of nitrogens with one attached hydrogen (secondary N) is 1. The van der Waals surface area contributed by atoms with Crippen LogP contribution >= 0.6 is 0 Å². The molecule has 108 valence electrons. The van der Waals surface area contributed by atoms with Crippen LogP contribution in [0.1, 0.15) is 35.7 Å². The molecular weight excluding hydrogens is 250 g/mol. The number of hydrogen-bond donors (Lipinski definition) is 1. The molecule has 5 heterocycles. The average Bonchev–Trinajstić information content (AvgIpc) is 2.54. The number of rotatable bonds is 2. The summed E-state index contributed by atoms with van der Waals surface area (Å²) in [5, 5.41) is 3.44. The highest BCUT2D eigenvalue weighted by Crippen LogP contribution is 2.28. The smallest absolute Gasteiger partial charge is 0.147 e. The Morgan fingerprint density at radius 3 is 2.75 bits per heavy atom. The molecule has 0 radical (unpaired) electrons. The van der Waals surface area contributed by atoms with E-state index in [0.29, 0.717) is 6.04 Å². The third-order valence-corrected chi connectivity index (χ3v) is 4.95. The molecule has 2 bridgehead atoms. The molecule has 3 saturated heterocycles. The van der Waals surface area contributed by atoms with Gasteiger partial charge in [-0.15, -0.1) is 0 Å². The third kappa shape index (κ3) is 2.05. The van der Waals surface area contributed by atoms with Gasteiger partial charge in [-0.1, -0.05) is 6.92 Å². The van der Waals surface area contributed by atoms with Gasteiger partial charge in [-0.25, -0.2) is 9.97 Å². The van der Waals surface area contributed by atoms with E-state index in [2.05, 4.69) is 22.0 Å². The normalized spacial score (nSPS) is 32.1. The lowest BCUT2D eigenvalue weighted by molar-refractivity contribution is 0.00842. The molecule has 5 heteroatoms. The standard InChI is InChI=1S/C15H23N5/c1-2-12-11-3-4-16-9-13(11)18-15(17-12)14-10-19-5-7-20(14)8-6-19/h14,16H,2-10H2,1H3. The quantitative estimate of drug-likeness (QED) is 0.843. The van der Waals surface area contributed by atoms with Crippen molar-refractivity contribution in [3.63, 3.8) is 0 Å². The molecule has 1 aromatic heterocycles. The summed E-state index contributed by atoms with van der Waals surface area (Å²) in [7, 11) is 0. The van der Waals surface area contributed by atoms with E-state index in [4.69, 9.17) is 9.97 Å². The maximum atomic E-state index is 4.94. The molecule has 0 spiro atoms. The van der Waals surface area contributed by atoms with Crippen LogP contribution in [0.3, 0.4) is 0 Å². The van der Waals surface area contributed by atoms with Crippen molar-refractivity contribution in [3.05, 3.63) is 22.8 Å². The Kier molecular flexibility index (Phi) is 3.21. The summed E-state index contributed by atoms with van der Waals surface area (Å²) in [5.41, 5.74) is 3.94. The van der Waals surface area contributed by atoms with E-state index in [1.54, 1.807) is 0 Å². The van der Waals surface area contributed by atoms with Crippen LogP contribution in [0.25, 0.3) is 0 Å². The largest absolute Gasteiger partial charge is 0.311 e. The number of aromatic nitrogens is 2. The number of piperazine rings is 3. The molecule has 1 aromatic rings. The zero-order valence-electron chi connectivity index (χ0n) is 12.2. The SMILES string of the molecule is CCc1nc(C2CN3CCN2CC3)nc2c1CCNC2. The molecule has 4 aliphatic heterocycles. The molecule has 0 aliphatic carbocycles. The fraction of sp³-hybridized carbons (Fsp3) is 0.733. The van der Waals surface area contributed by atoms with Gasteiger partial charge in [0.1, 0.15) is 5.82 Å². The molecule has 1 unspecified atom stereocenters. The van der Waals surface area contributed by atoms with Gasteiger partial charge < -0.3 is 5.32 Å². The topological polar surface area (TPSA) is 44.3 Å². The lowest BCUT2D eigenvalue weighted by atomic mass is 10.0. The monoisotopic (exact) mass is 273 g/mol. The molecule has 1 N–H and O–H groups in total. The molecule has 0 amide bonds. The Labute approximate surface area is 120 Å². The highest BCUT2D eigenvalue weighted by atomic mass is 15.4. The first-order valence-electron chi connectivity index (χ1n) is 7.91. The van der Waals surface area contributed by atoms with E-state index in [9.17, 15) is 0 Å². The Balaban J connectivity index is 1.71. The van der Waals surface area contributed by atoms with Crippen LogP contribution in [-0.4, -0.2) is 59.0 Å². The second-order valence-corrected chi connectivity index (χ2v) is 6.09. The minimum atomic E-state index is 0.412. The Morgan fingerprint density at radius 2 is 2.05 bits per heavy atom. The number of fused-ring (bicyclic) bond motifs is 4. The van der Waals surface area contributed by atoms with Crippen LogP contribution < -0.4 is 5.32 Å². The molecule has 5 rings (SSSR count). The van der Waals surface area contributed by atoms with Gasteiger partial charge in [0, 0.05) is 45.0 Å². The van der Waals surface area contributed by atoms with Crippen molar-refractivity contribution >= 4 is 0 Å². The molecule has 4 aliphatic rings. The van der Waals surface area contributed by atoms with Crippen LogP contribution in [0.5, 0.6) is 0 Å². The van der Waals surface area contributed by atoms with Crippen LogP contribution in [0.4, 0.5) is 0 Å². The van der Waals surface area contributed by atoms with Crippen molar-refractivity contribution in [1.82, 2.24) is 25.1 Å². The Hall–Kier alpha value is -1.04. The lowest BCUT2D eigenvalue weighted by Crippen LogP contribution is -2.57. The van der Waals surface area contributed by atoms with Gasteiger partial charge >= 0.3 is 0 Å². The predicted octanol–water partition coefficient (Wildman–Crippen LogP) is 0.357. The average molecular weight is 273 g/mol. The first kappa shape index (κ1) is 12.7. The Bertz CT molecular complexity index is 490. The zero-order chi connectivity index (χ0) is 13.5. The van der Waals surface area contributed by atoms with Gasteiger partial charge in [-0.2, -0.15) is 0 Å². The highest BCUT2D eigenvalue weighted by Gasteiger charge is 2.35. The van der Waals surface area contributed by atoms with Crippen LogP contribution in [0.15, 0.2) is 0 Å². The first-order chi connectivity index (χ1) is 9.85. The maximum Gasteiger partial charge on any atom is 0.147 e. The van der Waals surface area contributed by atoms with E-state index < -0.39 is 0 Å². The molecule has 1 atom stereocenters. The van der Waals surface area contributed by atoms with Gasteiger partial charge in [0.25, 0.3) is 0 Å². The van der Waals surface area contributed by atoms with Crippen molar-refractivity contribution in [2.24, 2.45) is 0 Å². The summed E-state index contributed by atoms with van der Waals surface area (Å²) in [6.45, 7) is 10.1. The summed E-state index contributed by atoms with van der Waals surface area (Å²) >= 11 is 0. The summed E-state index contributed by atoms with van der Waals surface area (Å²) in [6, 6.07) is 0.412. The van der Waals surface area contributed by atoms with Crippen molar-refractivity contribution in [1.29, 1.82) is 0 Å². The van der Waals surface area contributed by atoms with E-state index in [1.807, 2.05) is 0 Å². The second-order valence-electron chi connectivity index (χ2n) is 6.09. The van der Waals surface area contributed by atoms with Crippen LogP contribution in [-0.2, 0) is 19.4 Å². The lowest BCUT2D eigenvalue weighted by Gasteiger charge is -2.46. The molecular formula is C15H23N5. The maximum absolute atomic E-state index is 4.94. The van der Waals surface area contributed by atoms with Crippen molar-refractivity contribution in [2.45, 2.75) is 32.4 Å². The zero-order valence-corrected chi connectivity index (χ0v) is 12.2. The first-order valence-corrected chi connectivity index (χ1v) is 7.91. The van der Waals surface area contributed by atoms with Gasteiger partial charge in [-0.05, 0) is 24.9 Å². The summed E-state index contributed by atoms with van der Waals surface area (Å²) in [5.74, 6) is 1.06. The molecule has 0 saturated carbocycles. The van der Waals surface area contributed by atoms with E-state index in [-0.39, 0.29) is 0 Å². The van der Waals surface area contributed by atoms with E-state index in [0.717, 1.165) is 38.3 Å². The van der Waals surface area contributed by atoms with Gasteiger partial charge in [0.05, 0.1) is 11.7 Å². The van der Waals surface area contributed by atoms with Crippen molar-refractivity contribution < 1.29 is 0 Å². The summed E-state index contributed by atoms with van der Waals surface area (Å²) < 4.78 is 0. The third-order valence-electron chi connectivity index (χ3n) is 4.95. The van der Waals surface area contributed by atoms with E-state index in [1.165, 1.54) is 43.1 Å². The number of nitrogens with zero attached hydrogens (tertiary/aromatic N) is 4. The van der Waals surface area contributed by atoms with Crippen LogP contribution in [0, 0.1) is 0 Å². The van der Waals surface area contributed by atoms with Crippen molar-refractivity contribution in [3.8, 4) is 0 Å². The fourth-order valence-electron chi connectivity index (χ4n) is 3.76. The molecule has 5 nitrogen and oxygen atoms in total. The minimum Gasteiger partial charge on any atom is -0.311 e. The Morgan fingerprint density at radius 1 is 1.20 bits per heavy atom. The van der Waals surface area contributed by atoms with Gasteiger partial charge in [-0.3, -0.25) is 9.80 Å². The summed E-state index contributed by atoms with van der Waals surface area (Å²) in [4.78, 5) is 15.0. The summed E-state index contributed by atoms with van der Waals surface area (Å²) in [6.07, 6.45) is 2.10. The second kappa shape index (κ2) is 5.06. The van der Waals surface area contributed by atoms with Gasteiger partial charge in [0.2, 0.25) is 0 Å². The minimum absolute atomic E-state index is 0.412.